The maximum absolute atomic E-state index is 2.46. The monoisotopic (exact) mass is 638 g/mol. The summed E-state index contributed by atoms with van der Waals surface area (Å²) >= 11 is 0. The topological polar surface area (TPSA) is 6.48 Å². The molecule has 236 valence electrons. The van der Waals surface area contributed by atoms with Gasteiger partial charge in [-0.25, -0.2) is 0 Å². The van der Waals surface area contributed by atoms with Crippen molar-refractivity contribution in [2.45, 2.75) is 5.41 Å². The lowest BCUT2D eigenvalue weighted by atomic mass is 9.70. The third kappa shape index (κ3) is 3.96. The minimum Gasteiger partial charge on any atom is -0.344 e. The van der Waals surface area contributed by atoms with E-state index >= 15 is 0 Å². The van der Waals surface area contributed by atoms with Crippen LogP contribution in [0.15, 0.2) is 188 Å². The fourth-order valence-electron chi connectivity index (χ4n) is 8.78. The molecule has 0 heterocycles. The van der Waals surface area contributed by atoms with Crippen LogP contribution in [0, 0.1) is 0 Å². The normalized spacial score (nSPS) is 13.1. The average molecular weight is 639 g/mol. The highest BCUT2D eigenvalue weighted by Crippen LogP contribution is 2.63. The quantitative estimate of drug-likeness (QED) is 0.185. The van der Waals surface area contributed by atoms with Crippen molar-refractivity contribution in [2.24, 2.45) is 0 Å². The second kappa shape index (κ2) is 11.1. The minimum atomic E-state index is -0.367. The van der Waals surface area contributed by atoms with Crippen molar-refractivity contribution in [3.05, 3.63) is 210 Å². The molecule has 0 saturated heterocycles. The van der Waals surface area contributed by atoms with Crippen LogP contribution >= 0.6 is 0 Å². The molecule has 0 amide bonds. The molecule has 8 aromatic carbocycles. The molecule has 0 unspecified atom stereocenters. The number of fused-ring (bicyclic) bond motifs is 11. The summed E-state index contributed by atoms with van der Waals surface area (Å²) < 4.78 is 0. The molecular formula is C48H34N2. The van der Waals surface area contributed by atoms with Crippen LogP contribution in [0.25, 0.3) is 33.0 Å². The first kappa shape index (κ1) is 28.6. The van der Waals surface area contributed by atoms with Gasteiger partial charge in [-0.3, -0.25) is 0 Å². The molecule has 0 saturated carbocycles. The largest absolute Gasteiger partial charge is 0.344 e. The number of para-hydroxylation sites is 2. The maximum atomic E-state index is 2.46. The molecule has 0 aliphatic heterocycles. The van der Waals surface area contributed by atoms with E-state index in [1.165, 1.54) is 66.7 Å². The summed E-state index contributed by atoms with van der Waals surface area (Å²) in [5, 5.41) is 2.41. The third-order valence-electron chi connectivity index (χ3n) is 10.9. The van der Waals surface area contributed by atoms with Gasteiger partial charge in [-0.2, -0.15) is 0 Å². The Labute approximate surface area is 293 Å². The van der Waals surface area contributed by atoms with E-state index in [-0.39, 0.29) is 5.41 Å². The molecule has 0 bridgehead atoms. The number of rotatable bonds is 5. The Morgan fingerprint density at radius 3 is 1.32 bits per heavy atom. The molecule has 2 aliphatic rings. The summed E-state index contributed by atoms with van der Waals surface area (Å²) in [5.74, 6) is 0. The molecule has 10 rings (SSSR count). The number of anilines is 5. The van der Waals surface area contributed by atoms with Gasteiger partial charge in [0.1, 0.15) is 0 Å². The van der Waals surface area contributed by atoms with Crippen LogP contribution in [0.2, 0.25) is 0 Å². The molecule has 50 heavy (non-hydrogen) atoms. The predicted octanol–water partition coefficient (Wildman–Crippen LogP) is 12.4. The zero-order chi connectivity index (χ0) is 33.2. The van der Waals surface area contributed by atoms with Crippen molar-refractivity contribution >= 4 is 39.2 Å². The van der Waals surface area contributed by atoms with Crippen LogP contribution in [0.4, 0.5) is 28.4 Å². The predicted molar refractivity (Wildman–Crippen MR) is 209 cm³/mol. The second-order valence-corrected chi connectivity index (χ2v) is 13.3. The van der Waals surface area contributed by atoms with Gasteiger partial charge >= 0.3 is 0 Å². The first-order valence-corrected chi connectivity index (χ1v) is 17.3. The van der Waals surface area contributed by atoms with Crippen LogP contribution in [0.3, 0.4) is 0 Å². The standard InChI is InChI=1S/C48H34N2/c1-49(46-28-14-24-41-40(46)23-15-29-47(41)50(33-16-4-2-5-17-33)34-18-6-3-7-19-34)35-30-31-39-38-22-10-13-27-44(38)48(45(39)32-35)42-25-11-8-20-36(42)37-21-9-12-26-43(37)48/h2-32H,1H3. The number of benzene rings is 8. The van der Waals surface area contributed by atoms with Crippen molar-refractivity contribution in [1.82, 2.24) is 0 Å². The zero-order valence-corrected chi connectivity index (χ0v) is 27.8. The summed E-state index contributed by atoms with van der Waals surface area (Å²) in [5.41, 5.74) is 16.1. The lowest BCUT2D eigenvalue weighted by molar-refractivity contribution is 0.793. The van der Waals surface area contributed by atoms with Gasteiger partial charge in [0.05, 0.1) is 11.1 Å². The van der Waals surface area contributed by atoms with Crippen LogP contribution in [0.5, 0.6) is 0 Å². The minimum absolute atomic E-state index is 0.367. The Hall–Kier alpha value is -6.38. The molecule has 0 aromatic heterocycles. The van der Waals surface area contributed by atoms with E-state index in [2.05, 4.69) is 205 Å². The molecule has 0 fully saturated rings. The summed E-state index contributed by atoms with van der Waals surface area (Å²) in [6.07, 6.45) is 0. The molecular weight excluding hydrogens is 605 g/mol. The Bertz CT molecular complexity index is 2470. The lowest BCUT2D eigenvalue weighted by Gasteiger charge is -2.31. The van der Waals surface area contributed by atoms with Crippen LogP contribution < -0.4 is 9.80 Å². The van der Waals surface area contributed by atoms with E-state index in [1.54, 1.807) is 0 Å². The third-order valence-corrected chi connectivity index (χ3v) is 10.9. The van der Waals surface area contributed by atoms with Crippen LogP contribution in [-0.4, -0.2) is 7.05 Å². The van der Waals surface area contributed by atoms with Gasteiger partial charge in [0.2, 0.25) is 0 Å². The molecule has 1 spiro atoms. The number of hydrogen-bond donors (Lipinski definition) is 0. The molecule has 0 atom stereocenters. The average Bonchev–Trinajstić information content (AvgIpc) is 3.66. The molecule has 0 N–H and O–H groups in total. The molecule has 2 nitrogen and oxygen atoms in total. The molecule has 2 heteroatoms. The highest BCUT2D eigenvalue weighted by atomic mass is 15.1. The first-order valence-electron chi connectivity index (χ1n) is 17.3. The number of nitrogens with zero attached hydrogens (tertiary/aromatic N) is 2. The summed E-state index contributed by atoms with van der Waals surface area (Å²) in [7, 11) is 2.21. The summed E-state index contributed by atoms with van der Waals surface area (Å²) in [4.78, 5) is 4.72. The molecule has 2 aliphatic carbocycles. The number of hydrogen-bond acceptors (Lipinski definition) is 2. The Kier molecular flexibility index (Phi) is 6.34. The van der Waals surface area contributed by atoms with Crippen LogP contribution in [-0.2, 0) is 5.41 Å². The van der Waals surface area contributed by atoms with Gasteiger partial charge < -0.3 is 9.80 Å². The van der Waals surface area contributed by atoms with Crippen molar-refractivity contribution in [1.29, 1.82) is 0 Å². The van der Waals surface area contributed by atoms with E-state index in [0.29, 0.717) is 0 Å². The zero-order valence-electron chi connectivity index (χ0n) is 27.8. The van der Waals surface area contributed by atoms with E-state index in [1.807, 2.05) is 0 Å². The molecule has 0 radical (unpaired) electrons. The Morgan fingerprint density at radius 2 is 0.780 bits per heavy atom. The smallest absolute Gasteiger partial charge is 0.0726 e. The van der Waals surface area contributed by atoms with Gasteiger partial charge in [-0.05, 0) is 93.0 Å². The van der Waals surface area contributed by atoms with E-state index in [9.17, 15) is 0 Å². The van der Waals surface area contributed by atoms with Crippen molar-refractivity contribution in [2.75, 3.05) is 16.8 Å². The highest BCUT2D eigenvalue weighted by Gasteiger charge is 2.51. The summed E-state index contributed by atoms with van der Waals surface area (Å²) in [6.45, 7) is 0. The lowest BCUT2D eigenvalue weighted by Crippen LogP contribution is -2.26. The Balaban J connectivity index is 1.16. The Morgan fingerprint density at radius 1 is 0.340 bits per heavy atom. The maximum Gasteiger partial charge on any atom is 0.0726 e. The highest BCUT2D eigenvalue weighted by molar-refractivity contribution is 6.06. The SMILES string of the molecule is CN(c1ccc2c(c1)C1(c3ccccc3-c3ccccc31)c1ccccc1-2)c1cccc2c(N(c3ccccc3)c3ccccc3)cccc12. The van der Waals surface area contributed by atoms with Crippen molar-refractivity contribution in [3.63, 3.8) is 0 Å². The van der Waals surface area contributed by atoms with Crippen molar-refractivity contribution in [3.8, 4) is 22.3 Å². The van der Waals surface area contributed by atoms with E-state index in [0.717, 1.165) is 17.1 Å². The first-order chi connectivity index (χ1) is 24.7. The fraction of sp³-hybridized carbons (Fsp3) is 0.0417. The van der Waals surface area contributed by atoms with Gasteiger partial charge in [0.25, 0.3) is 0 Å². The van der Waals surface area contributed by atoms with E-state index in [4.69, 9.17) is 0 Å². The van der Waals surface area contributed by atoms with Gasteiger partial charge in [-0.1, -0.05) is 140 Å². The van der Waals surface area contributed by atoms with Gasteiger partial charge in [0, 0.05) is 40.6 Å². The van der Waals surface area contributed by atoms with Crippen molar-refractivity contribution < 1.29 is 0 Å². The fourth-order valence-corrected chi connectivity index (χ4v) is 8.78. The second-order valence-electron chi connectivity index (χ2n) is 13.3. The molecule has 8 aromatic rings. The summed E-state index contributed by atoms with van der Waals surface area (Å²) in [6, 6.07) is 68.8. The van der Waals surface area contributed by atoms with Gasteiger partial charge in [0.15, 0.2) is 0 Å². The van der Waals surface area contributed by atoms with Gasteiger partial charge in [-0.15, -0.1) is 0 Å². The van der Waals surface area contributed by atoms with E-state index < -0.39 is 0 Å². The van der Waals surface area contributed by atoms with Crippen LogP contribution in [0.1, 0.15) is 22.3 Å².